The molecule has 0 amide bonds. The van der Waals surface area contributed by atoms with Gasteiger partial charge in [0.2, 0.25) is 5.82 Å². The lowest BCUT2D eigenvalue weighted by atomic mass is 10.1. The second-order valence-electron chi connectivity index (χ2n) is 6.20. The number of nitrogens with zero attached hydrogens (tertiary/aromatic N) is 3. The van der Waals surface area contributed by atoms with E-state index in [1.165, 1.54) is 6.07 Å². The summed E-state index contributed by atoms with van der Waals surface area (Å²) in [6, 6.07) is 9.91. The standard InChI is InChI=1S/C19H19FN6O2/c20-13-4-1-2-5-14(13)23-16(15-6-3-11-27-15)17(25-21)19-24-18(26-28-19)12-7-9-22-10-8-12/h1-2,4-5,7-10,15,23,25H,3,6,11,21H2/b17-16-. The third kappa shape index (κ3) is 3.71. The van der Waals surface area contributed by atoms with E-state index in [2.05, 4.69) is 25.9 Å². The van der Waals surface area contributed by atoms with Gasteiger partial charge in [-0.25, -0.2) is 4.39 Å². The zero-order valence-corrected chi connectivity index (χ0v) is 14.9. The molecule has 1 unspecified atom stereocenters. The van der Waals surface area contributed by atoms with Gasteiger partial charge in [0.05, 0.1) is 17.5 Å². The summed E-state index contributed by atoms with van der Waals surface area (Å²) in [5.74, 6) is 5.95. The zero-order valence-electron chi connectivity index (χ0n) is 14.9. The minimum absolute atomic E-state index is 0.170. The van der Waals surface area contributed by atoms with Gasteiger partial charge < -0.3 is 20.0 Å². The van der Waals surface area contributed by atoms with E-state index in [9.17, 15) is 4.39 Å². The fraction of sp³-hybridized carbons (Fsp3) is 0.211. The van der Waals surface area contributed by atoms with E-state index in [1.807, 2.05) is 0 Å². The van der Waals surface area contributed by atoms with Crippen LogP contribution in [-0.4, -0.2) is 27.8 Å². The Morgan fingerprint density at radius 2 is 2.00 bits per heavy atom. The summed E-state index contributed by atoms with van der Waals surface area (Å²) in [6.45, 7) is 0.608. The summed E-state index contributed by atoms with van der Waals surface area (Å²) >= 11 is 0. The highest BCUT2D eigenvalue weighted by molar-refractivity contribution is 5.68. The zero-order chi connectivity index (χ0) is 19.3. The summed E-state index contributed by atoms with van der Waals surface area (Å²) in [5.41, 5.74) is 4.55. The first kappa shape index (κ1) is 18.1. The highest BCUT2D eigenvalue weighted by atomic mass is 19.1. The Hall–Kier alpha value is -3.30. The van der Waals surface area contributed by atoms with E-state index in [1.54, 1.807) is 42.7 Å². The van der Waals surface area contributed by atoms with Crippen molar-refractivity contribution in [1.82, 2.24) is 20.6 Å². The summed E-state index contributed by atoms with van der Waals surface area (Å²) in [7, 11) is 0. The van der Waals surface area contributed by atoms with Crippen molar-refractivity contribution in [2.45, 2.75) is 18.9 Å². The van der Waals surface area contributed by atoms with Crippen LogP contribution in [0.15, 0.2) is 59.0 Å². The molecular formula is C19H19FN6O2. The van der Waals surface area contributed by atoms with Gasteiger partial charge >= 0.3 is 0 Å². The van der Waals surface area contributed by atoms with Crippen molar-refractivity contribution in [1.29, 1.82) is 0 Å². The maximum absolute atomic E-state index is 14.2. The lowest BCUT2D eigenvalue weighted by molar-refractivity contribution is 0.138. The average Bonchev–Trinajstić information content (AvgIpc) is 3.42. The van der Waals surface area contributed by atoms with Crippen molar-refractivity contribution in [2.75, 3.05) is 11.9 Å². The topological polar surface area (TPSA) is 111 Å². The molecule has 3 heterocycles. The van der Waals surface area contributed by atoms with Crippen LogP contribution < -0.4 is 16.6 Å². The molecule has 1 aromatic carbocycles. The fourth-order valence-electron chi connectivity index (χ4n) is 3.01. The molecule has 4 rings (SSSR count). The molecule has 3 aromatic rings. The van der Waals surface area contributed by atoms with Crippen LogP contribution in [0, 0.1) is 5.82 Å². The number of halogens is 1. The van der Waals surface area contributed by atoms with Gasteiger partial charge in [0.25, 0.3) is 5.89 Å². The number of ether oxygens (including phenoxy) is 1. The number of rotatable bonds is 6. The minimum Gasteiger partial charge on any atom is -0.372 e. The molecule has 0 saturated carbocycles. The van der Waals surface area contributed by atoms with Crippen molar-refractivity contribution in [3.63, 3.8) is 0 Å². The smallest absolute Gasteiger partial charge is 0.277 e. The molecular weight excluding hydrogens is 363 g/mol. The molecule has 4 N–H and O–H groups in total. The van der Waals surface area contributed by atoms with Gasteiger partial charge in [-0.3, -0.25) is 10.8 Å². The maximum atomic E-state index is 14.2. The van der Waals surface area contributed by atoms with Gasteiger partial charge in [0, 0.05) is 24.6 Å². The molecule has 0 bridgehead atoms. The third-order valence-electron chi connectivity index (χ3n) is 4.39. The number of aromatic nitrogens is 3. The average molecular weight is 382 g/mol. The molecule has 1 aliphatic heterocycles. The predicted octanol–water partition coefficient (Wildman–Crippen LogP) is 2.69. The predicted molar refractivity (Wildman–Crippen MR) is 101 cm³/mol. The monoisotopic (exact) mass is 382 g/mol. The first-order chi connectivity index (χ1) is 13.8. The SMILES string of the molecule is NN/C(=C(\Nc1ccccc1F)C1CCCO1)c1nc(-c2ccncc2)no1. The molecule has 9 heteroatoms. The van der Waals surface area contributed by atoms with Crippen LogP contribution in [0.4, 0.5) is 10.1 Å². The number of nitrogens with one attached hydrogen (secondary N) is 2. The van der Waals surface area contributed by atoms with Crippen LogP contribution >= 0.6 is 0 Å². The molecule has 1 fully saturated rings. The molecule has 2 aromatic heterocycles. The third-order valence-corrected chi connectivity index (χ3v) is 4.39. The van der Waals surface area contributed by atoms with Crippen molar-refractivity contribution >= 4 is 11.4 Å². The molecule has 0 radical (unpaired) electrons. The molecule has 1 aliphatic rings. The molecule has 28 heavy (non-hydrogen) atoms. The number of hydrogen-bond acceptors (Lipinski definition) is 8. The van der Waals surface area contributed by atoms with Gasteiger partial charge in [-0.2, -0.15) is 4.98 Å². The number of para-hydroxylation sites is 1. The number of hydrogen-bond donors (Lipinski definition) is 3. The van der Waals surface area contributed by atoms with Gasteiger partial charge in [-0.1, -0.05) is 17.3 Å². The Bertz CT molecular complexity index is 969. The van der Waals surface area contributed by atoms with Crippen molar-refractivity contribution in [2.24, 2.45) is 5.84 Å². The molecule has 0 aliphatic carbocycles. The molecule has 1 atom stereocenters. The lowest BCUT2D eigenvalue weighted by Crippen LogP contribution is -2.28. The highest BCUT2D eigenvalue weighted by Gasteiger charge is 2.27. The summed E-state index contributed by atoms with van der Waals surface area (Å²) in [4.78, 5) is 8.39. The molecule has 144 valence electrons. The Morgan fingerprint density at radius 3 is 2.71 bits per heavy atom. The van der Waals surface area contributed by atoms with Crippen molar-refractivity contribution in [3.8, 4) is 11.4 Å². The van der Waals surface area contributed by atoms with E-state index >= 15 is 0 Å². The van der Waals surface area contributed by atoms with Crippen molar-refractivity contribution < 1.29 is 13.7 Å². The summed E-state index contributed by atoms with van der Waals surface area (Å²) in [5, 5.41) is 7.09. The second-order valence-corrected chi connectivity index (χ2v) is 6.20. The van der Waals surface area contributed by atoms with Gasteiger partial charge in [-0.05, 0) is 37.1 Å². The first-order valence-corrected chi connectivity index (χ1v) is 8.84. The van der Waals surface area contributed by atoms with Crippen LogP contribution in [-0.2, 0) is 4.74 Å². The normalized spacial score (nSPS) is 17.3. The van der Waals surface area contributed by atoms with Crippen LogP contribution in [0.3, 0.4) is 0 Å². The van der Waals surface area contributed by atoms with Gasteiger partial charge in [0.1, 0.15) is 11.5 Å². The Balaban J connectivity index is 1.74. The minimum atomic E-state index is -0.391. The highest BCUT2D eigenvalue weighted by Crippen LogP contribution is 2.28. The Morgan fingerprint density at radius 1 is 1.18 bits per heavy atom. The van der Waals surface area contributed by atoms with Crippen LogP contribution in [0.25, 0.3) is 17.1 Å². The quantitative estimate of drug-likeness (QED) is 0.441. The van der Waals surface area contributed by atoms with Crippen LogP contribution in [0.2, 0.25) is 0 Å². The first-order valence-electron chi connectivity index (χ1n) is 8.84. The van der Waals surface area contributed by atoms with Crippen LogP contribution in [0.1, 0.15) is 18.7 Å². The largest absolute Gasteiger partial charge is 0.372 e. The summed E-state index contributed by atoms with van der Waals surface area (Å²) < 4.78 is 25.4. The van der Waals surface area contributed by atoms with E-state index in [0.717, 1.165) is 18.4 Å². The van der Waals surface area contributed by atoms with E-state index < -0.39 is 5.82 Å². The number of pyridine rings is 1. The molecule has 1 saturated heterocycles. The number of nitrogens with two attached hydrogens (primary N) is 1. The molecule has 8 nitrogen and oxygen atoms in total. The lowest BCUT2D eigenvalue weighted by Gasteiger charge is -2.20. The van der Waals surface area contributed by atoms with Crippen LogP contribution in [0.5, 0.6) is 0 Å². The molecule has 0 spiro atoms. The second kappa shape index (κ2) is 8.15. The number of hydrazine groups is 1. The van der Waals surface area contributed by atoms with Crippen molar-refractivity contribution in [3.05, 3.63) is 66.2 Å². The van der Waals surface area contributed by atoms with Gasteiger partial charge in [-0.15, -0.1) is 0 Å². The van der Waals surface area contributed by atoms with E-state index in [0.29, 0.717) is 29.5 Å². The van der Waals surface area contributed by atoms with Gasteiger partial charge in [0.15, 0.2) is 0 Å². The maximum Gasteiger partial charge on any atom is 0.277 e. The Labute approximate surface area is 160 Å². The fourth-order valence-corrected chi connectivity index (χ4v) is 3.01. The number of benzene rings is 1. The van der Waals surface area contributed by atoms with E-state index in [4.69, 9.17) is 15.1 Å². The summed E-state index contributed by atoms with van der Waals surface area (Å²) in [6.07, 6.45) is 4.62. The van der Waals surface area contributed by atoms with E-state index in [-0.39, 0.29) is 12.0 Å². The Kier molecular flexibility index (Phi) is 5.27. The number of anilines is 1.